The first-order valence-corrected chi connectivity index (χ1v) is 5.10. The van der Waals surface area contributed by atoms with Crippen molar-refractivity contribution in [2.45, 2.75) is 13.0 Å². The van der Waals surface area contributed by atoms with Gasteiger partial charge in [-0.1, -0.05) is 17.7 Å². The highest BCUT2D eigenvalue weighted by Crippen LogP contribution is 2.11. The highest BCUT2D eigenvalue weighted by molar-refractivity contribution is 5.26. The number of aliphatic hydroxyl groups is 1. The van der Waals surface area contributed by atoms with Crippen LogP contribution in [0.5, 0.6) is 5.75 Å². The van der Waals surface area contributed by atoms with Gasteiger partial charge >= 0.3 is 0 Å². The standard InChI is InChI=1S/C12H19NO2/c1-10-4-6-12(7-5-10)15-9-11(14)8-13(2)3/h4-7,11,14H,8-9H2,1-3H3/t11-/m0/s1. The molecule has 0 aliphatic rings. The molecule has 0 spiro atoms. The lowest BCUT2D eigenvalue weighted by Gasteiger charge is -2.16. The van der Waals surface area contributed by atoms with E-state index >= 15 is 0 Å². The number of nitrogens with zero attached hydrogens (tertiary/aromatic N) is 1. The van der Waals surface area contributed by atoms with Crippen LogP contribution in [-0.4, -0.2) is 43.4 Å². The first kappa shape index (κ1) is 12.0. The number of hydrogen-bond acceptors (Lipinski definition) is 3. The number of aryl methyl sites for hydroxylation is 1. The van der Waals surface area contributed by atoms with Crippen LogP contribution in [0.15, 0.2) is 24.3 Å². The van der Waals surface area contributed by atoms with E-state index in [4.69, 9.17) is 4.74 Å². The van der Waals surface area contributed by atoms with Crippen LogP contribution in [-0.2, 0) is 0 Å². The monoisotopic (exact) mass is 209 g/mol. The van der Waals surface area contributed by atoms with Gasteiger partial charge in [-0.3, -0.25) is 0 Å². The van der Waals surface area contributed by atoms with Crippen molar-refractivity contribution < 1.29 is 9.84 Å². The third kappa shape index (κ3) is 4.81. The second kappa shape index (κ2) is 5.73. The number of rotatable bonds is 5. The van der Waals surface area contributed by atoms with Gasteiger partial charge in [0.05, 0.1) is 0 Å². The van der Waals surface area contributed by atoms with Crippen molar-refractivity contribution in [3.05, 3.63) is 29.8 Å². The van der Waals surface area contributed by atoms with Crippen molar-refractivity contribution in [2.24, 2.45) is 0 Å². The van der Waals surface area contributed by atoms with E-state index in [2.05, 4.69) is 0 Å². The molecule has 0 unspecified atom stereocenters. The van der Waals surface area contributed by atoms with Crippen LogP contribution in [0.4, 0.5) is 0 Å². The molecule has 0 radical (unpaired) electrons. The van der Waals surface area contributed by atoms with Crippen LogP contribution in [0.25, 0.3) is 0 Å². The summed E-state index contributed by atoms with van der Waals surface area (Å²) >= 11 is 0. The summed E-state index contributed by atoms with van der Waals surface area (Å²) in [6.45, 7) is 2.98. The molecule has 84 valence electrons. The molecule has 15 heavy (non-hydrogen) atoms. The summed E-state index contributed by atoms with van der Waals surface area (Å²) in [4.78, 5) is 1.93. The predicted molar refractivity (Wildman–Crippen MR) is 61.2 cm³/mol. The van der Waals surface area contributed by atoms with Crippen LogP contribution in [0.3, 0.4) is 0 Å². The average molecular weight is 209 g/mol. The molecular weight excluding hydrogens is 190 g/mol. The number of ether oxygens (including phenoxy) is 1. The van der Waals surface area contributed by atoms with E-state index < -0.39 is 6.10 Å². The highest BCUT2D eigenvalue weighted by atomic mass is 16.5. The van der Waals surface area contributed by atoms with Gasteiger partial charge in [0, 0.05) is 6.54 Å². The van der Waals surface area contributed by atoms with Gasteiger partial charge in [0.1, 0.15) is 18.5 Å². The minimum atomic E-state index is -0.443. The molecule has 0 aliphatic heterocycles. The molecule has 1 aromatic carbocycles. The molecule has 0 heterocycles. The fourth-order valence-corrected chi connectivity index (χ4v) is 1.30. The molecule has 1 aromatic rings. The molecule has 1 rings (SSSR count). The molecule has 1 N–H and O–H groups in total. The Kier molecular flexibility index (Phi) is 4.59. The maximum Gasteiger partial charge on any atom is 0.119 e. The van der Waals surface area contributed by atoms with Gasteiger partial charge in [-0.15, -0.1) is 0 Å². The Hall–Kier alpha value is -1.06. The molecule has 0 aromatic heterocycles. The van der Waals surface area contributed by atoms with Crippen LogP contribution in [0, 0.1) is 6.92 Å². The quantitative estimate of drug-likeness (QED) is 0.793. The molecule has 0 fully saturated rings. The van der Waals surface area contributed by atoms with Gasteiger partial charge in [0.15, 0.2) is 0 Å². The Morgan fingerprint density at radius 2 is 1.87 bits per heavy atom. The van der Waals surface area contributed by atoms with Gasteiger partial charge in [-0.25, -0.2) is 0 Å². The van der Waals surface area contributed by atoms with E-state index in [-0.39, 0.29) is 0 Å². The second-order valence-electron chi connectivity index (χ2n) is 4.04. The van der Waals surface area contributed by atoms with Gasteiger partial charge in [-0.05, 0) is 33.2 Å². The minimum Gasteiger partial charge on any atom is -0.491 e. The summed E-state index contributed by atoms with van der Waals surface area (Å²) in [6, 6.07) is 7.82. The Labute approximate surface area is 91.3 Å². The molecule has 0 amide bonds. The Balaban J connectivity index is 2.33. The Morgan fingerprint density at radius 1 is 1.27 bits per heavy atom. The number of hydrogen-bond donors (Lipinski definition) is 1. The third-order valence-corrected chi connectivity index (χ3v) is 2.04. The SMILES string of the molecule is Cc1ccc(OC[C@@H](O)CN(C)C)cc1. The normalized spacial score (nSPS) is 12.9. The van der Waals surface area contributed by atoms with E-state index in [9.17, 15) is 5.11 Å². The zero-order valence-electron chi connectivity index (χ0n) is 9.60. The fourth-order valence-electron chi connectivity index (χ4n) is 1.30. The smallest absolute Gasteiger partial charge is 0.119 e. The molecule has 3 nitrogen and oxygen atoms in total. The summed E-state index contributed by atoms with van der Waals surface area (Å²) < 4.78 is 5.45. The van der Waals surface area contributed by atoms with Crippen LogP contribution >= 0.6 is 0 Å². The molecule has 3 heteroatoms. The van der Waals surface area contributed by atoms with Crippen molar-refractivity contribution in [3.63, 3.8) is 0 Å². The van der Waals surface area contributed by atoms with Crippen LogP contribution in [0.1, 0.15) is 5.56 Å². The van der Waals surface area contributed by atoms with Crippen molar-refractivity contribution in [3.8, 4) is 5.75 Å². The van der Waals surface area contributed by atoms with Crippen LogP contribution in [0.2, 0.25) is 0 Å². The summed E-state index contributed by atoms with van der Waals surface area (Å²) in [6.07, 6.45) is -0.443. The van der Waals surface area contributed by atoms with Crippen molar-refractivity contribution in [1.82, 2.24) is 4.90 Å². The third-order valence-electron chi connectivity index (χ3n) is 2.04. The summed E-state index contributed by atoms with van der Waals surface area (Å²) in [5.74, 6) is 0.804. The van der Waals surface area contributed by atoms with Gasteiger partial charge < -0.3 is 14.7 Å². The first-order chi connectivity index (χ1) is 7.08. The minimum absolute atomic E-state index is 0.335. The number of aliphatic hydroxyl groups excluding tert-OH is 1. The summed E-state index contributed by atoms with van der Waals surface area (Å²) in [5.41, 5.74) is 1.20. The lowest BCUT2D eigenvalue weighted by atomic mass is 10.2. The van der Waals surface area contributed by atoms with E-state index in [0.717, 1.165) is 5.75 Å². The molecule has 0 saturated carbocycles. The summed E-state index contributed by atoms with van der Waals surface area (Å²) in [5, 5.41) is 9.57. The molecule has 0 saturated heterocycles. The van der Waals surface area contributed by atoms with Gasteiger partial charge in [-0.2, -0.15) is 0 Å². The van der Waals surface area contributed by atoms with Crippen LogP contribution < -0.4 is 4.74 Å². The van der Waals surface area contributed by atoms with E-state index in [1.807, 2.05) is 50.2 Å². The Bertz CT molecular complexity index is 282. The first-order valence-electron chi connectivity index (χ1n) is 5.10. The summed E-state index contributed by atoms with van der Waals surface area (Å²) in [7, 11) is 3.85. The highest BCUT2D eigenvalue weighted by Gasteiger charge is 2.05. The maximum atomic E-state index is 9.57. The van der Waals surface area contributed by atoms with E-state index in [0.29, 0.717) is 13.2 Å². The molecular formula is C12H19NO2. The zero-order valence-corrected chi connectivity index (χ0v) is 9.60. The topological polar surface area (TPSA) is 32.7 Å². The average Bonchev–Trinajstić information content (AvgIpc) is 2.16. The lowest BCUT2D eigenvalue weighted by molar-refractivity contribution is 0.0831. The van der Waals surface area contributed by atoms with Crippen molar-refractivity contribution >= 4 is 0 Å². The zero-order chi connectivity index (χ0) is 11.3. The molecule has 0 bridgehead atoms. The Morgan fingerprint density at radius 3 is 2.40 bits per heavy atom. The number of likely N-dealkylation sites (N-methyl/N-ethyl adjacent to an activating group) is 1. The van der Waals surface area contributed by atoms with Crippen molar-refractivity contribution in [1.29, 1.82) is 0 Å². The lowest BCUT2D eigenvalue weighted by Crippen LogP contribution is -2.30. The largest absolute Gasteiger partial charge is 0.491 e. The second-order valence-corrected chi connectivity index (χ2v) is 4.04. The van der Waals surface area contributed by atoms with Gasteiger partial charge in [0.25, 0.3) is 0 Å². The molecule has 1 atom stereocenters. The van der Waals surface area contributed by atoms with E-state index in [1.165, 1.54) is 5.56 Å². The van der Waals surface area contributed by atoms with Gasteiger partial charge in [0.2, 0.25) is 0 Å². The van der Waals surface area contributed by atoms with Crippen molar-refractivity contribution in [2.75, 3.05) is 27.2 Å². The predicted octanol–water partition coefficient (Wildman–Crippen LogP) is 1.30. The number of benzene rings is 1. The fraction of sp³-hybridized carbons (Fsp3) is 0.500. The molecule has 0 aliphatic carbocycles. The van der Waals surface area contributed by atoms with E-state index in [1.54, 1.807) is 0 Å². The maximum absolute atomic E-state index is 9.57.